The van der Waals surface area contributed by atoms with Crippen LogP contribution in [0.1, 0.15) is 21.5 Å². The van der Waals surface area contributed by atoms with Gasteiger partial charge in [-0.3, -0.25) is 0 Å². The van der Waals surface area contributed by atoms with Gasteiger partial charge >= 0.3 is 0 Å². The second kappa shape index (κ2) is 5.11. The van der Waals surface area contributed by atoms with Crippen LogP contribution in [-0.4, -0.2) is 0 Å². The molecule has 0 spiro atoms. The number of benzene rings is 1. The van der Waals surface area contributed by atoms with Crippen molar-refractivity contribution in [2.75, 3.05) is 0 Å². The van der Waals surface area contributed by atoms with Crippen molar-refractivity contribution in [2.45, 2.75) is 18.2 Å². The third kappa shape index (κ3) is 2.71. The lowest BCUT2D eigenvalue weighted by Gasteiger charge is -2.09. The zero-order valence-corrected chi connectivity index (χ0v) is 11.3. The molecule has 0 radical (unpaired) electrons. The number of hydrogen-bond donors (Lipinski definition) is 0. The number of alkyl halides is 1. The van der Waals surface area contributed by atoms with Gasteiger partial charge in [-0.25, -0.2) is 4.39 Å². The van der Waals surface area contributed by atoms with Crippen molar-refractivity contribution in [1.82, 2.24) is 0 Å². The number of aryl methyl sites for hydroxylation is 1. The van der Waals surface area contributed by atoms with Crippen molar-refractivity contribution in [1.29, 1.82) is 0 Å². The molecule has 0 bridgehead atoms. The molecule has 0 amide bonds. The van der Waals surface area contributed by atoms with Gasteiger partial charge in [-0.2, -0.15) is 11.3 Å². The maximum absolute atomic E-state index is 12.8. The molecule has 84 valence electrons. The molecule has 3 heteroatoms. The van der Waals surface area contributed by atoms with Crippen molar-refractivity contribution in [3.63, 3.8) is 0 Å². The predicted molar refractivity (Wildman–Crippen MR) is 70.8 cm³/mol. The predicted octanol–water partition coefficient (Wildman–Crippen LogP) is 4.87. The van der Waals surface area contributed by atoms with Crippen molar-refractivity contribution in [3.05, 3.63) is 57.5 Å². The average Bonchev–Trinajstić information content (AvgIpc) is 2.68. The molecule has 2 aromatic rings. The van der Waals surface area contributed by atoms with E-state index in [1.165, 1.54) is 23.3 Å². The first-order chi connectivity index (χ1) is 7.66. The molecule has 1 heterocycles. The van der Waals surface area contributed by atoms with E-state index in [0.29, 0.717) is 4.83 Å². The van der Waals surface area contributed by atoms with Crippen LogP contribution in [0.2, 0.25) is 0 Å². The summed E-state index contributed by atoms with van der Waals surface area (Å²) in [6.45, 7) is 2.12. The minimum atomic E-state index is -0.179. The second-order valence-electron chi connectivity index (χ2n) is 3.81. The Morgan fingerprint density at radius 3 is 2.50 bits per heavy atom. The largest absolute Gasteiger partial charge is 0.207 e. The average molecular weight is 299 g/mol. The summed E-state index contributed by atoms with van der Waals surface area (Å²) in [6.07, 6.45) is 0.887. The van der Waals surface area contributed by atoms with Gasteiger partial charge in [-0.15, -0.1) is 0 Å². The highest BCUT2D eigenvalue weighted by Crippen LogP contribution is 2.31. The van der Waals surface area contributed by atoms with Crippen LogP contribution in [0.25, 0.3) is 0 Å². The van der Waals surface area contributed by atoms with Crippen LogP contribution in [-0.2, 0) is 6.42 Å². The van der Waals surface area contributed by atoms with E-state index in [2.05, 4.69) is 33.6 Å². The first kappa shape index (κ1) is 11.8. The molecule has 0 nitrogen and oxygen atoms in total. The van der Waals surface area contributed by atoms with Crippen LogP contribution in [0.5, 0.6) is 0 Å². The summed E-state index contributed by atoms with van der Waals surface area (Å²) in [5.74, 6) is -0.179. The quantitative estimate of drug-likeness (QED) is 0.709. The third-order valence-electron chi connectivity index (χ3n) is 2.56. The standard InChI is InChI=1S/C13H12BrFS/c1-9-7-16-8-12(9)13(14)6-10-2-4-11(15)5-3-10/h2-5,7-8,13H,6H2,1H3. The Balaban J connectivity index is 2.10. The lowest BCUT2D eigenvalue weighted by atomic mass is 10.0. The fourth-order valence-corrected chi connectivity index (χ4v) is 3.58. The lowest BCUT2D eigenvalue weighted by Crippen LogP contribution is -1.95. The monoisotopic (exact) mass is 298 g/mol. The summed E-state index contributed by atoms with van der Waals surface area (Å²) < 4.78 is 12.8. The van der Waals surface area contributed by atoms with Gasteiger partial charge < -0.3 is 0 Å². The van der Waals surface area contributed by atoms with Gasteiger partial charge in [0.2, 0.25) is 0 Å². The summed E-state index contributed by atoms with van der Waals surface area (Å²) in [6, 6.07) is 6.70. The molecule has 1 atom stereocenters. The number of rotatable bonds is 3. The molecular formula is C13H12BrFS. The summed E-state index contributed by atoms with van der Waals surface area (Å²) >= 11 is 5.40. The third-order valence-corrected chi connectivity index (χ3v) is 4.26. The Labute approximate surface area is 107 Å². The van der Waals surface area contributed by atoms with Crippen LogP contribution in [0.3, 0.4) is 0 Å². The molecule has 0 aliphatic heterocycles. The molecule has 0 saturated heterocycles. The summed E-state index contributed by atoms with van der Waals surface area (Å²) in [5, 5.41) is 4.31. The molecule has 2 rings (SSSR count). The van der Waals surface area contributed by atoms with Gasteiger partial charge in [0.05, 0.1) is 0 Å². The second-order valence-corrected chi connectivity index (χ2v) is 5.66. The fourth-order valence-electron chi connectivity index (χ4n) is 1.63. The Bertz CT molecular complexity index is 461. The highest BCUT2D eigenvalue weighted by molar-refractivity contribution is 9.09. The molecular weight excluding hydrogens is 287 g/mol. The minimum Gasteiger partial charge on any atom is -0.207 e. The van der Waals surface area contributed by atoms with Crippen LogP contribution >= 0.6 is 27.3 Å². The highest BCUT2D eigenvalue weighted by Gasteiger charge is 2.11. The minimum absolute atomic E-state index is 0.179. The molecule has 0 saturated carbocycles. The summed E-state index contributed by atoms with van der Waals surface area (Å²) in [7, 11) is 0. The SMILES string of the molecule is Cc1cscc1C(Br)Cc1ccc(F)cc1. The summed E-state index contributed by atoms with van der Waals surface area (Å²) in [4.78, 5) is 0.309. The van der Waals surface area contributed by atoms with Crippen LogP contribution in [0.15, 0.2) is 35.0 Å². The van der Waals surface area contributed by atoms with Crippen LogP contribution in [0.4, 0.5) is 4.39 Å². The van der Waals surface area contributed by atoms with E-state index < -0.39 is 0 Å². The van der Waals surface area contributed by atoms with E-state index in [9.17, 15) is 4.39 Å². The zero-order chi connectivity index (χ0) is 11.5. The molecule has 1 aromatic heterocycles. The van der Waals surface area contributed by atoms with Gasteiger partial charge in [-0.05, 0) is 52.9 Å². The van der Waals surface area contributed by atoms with E-state index in [4.69, 9.17) is 0 Å². The van der Waals surface area contributed by atoms with E-state index >= 15 is 0 Å². The van der Waals surface area contributed by atoms with Gasteiger partial charge in [0.1, 0.15) is 5.82 Å². The Kier molecular flexibility index (Phi) is 3.77. The number of hydrogen-bond acceptors (Lipinski definition) is 1. The van der Waals surface area contributed by atoms with Crippen LogP contribution < -0.4 is 0 Å². The van der Waals surface area contributed by atoms with Crippen LogP contribution in [0, 0.1) is 12.7 Å². The van der Waals surface area contributed by atoms with Gasteiger partial charge in [-0.1, -0.05) is 28.1 Å². The molecule has 1 aromatic carbocycles. The molecule has 16 heavy (non-hydrogen) atoms. The van der Waals surface area contributed by atoms with Crippen molar-refractivity contribution < 1.29 is 4.39 Å². The summed E-state index contributed by atoms with van der Waals surface area (Å²) in [5.41, 5.74) is 3.79. The molecule has 1 unspecified atom stereocenters. The molecule has 0 aliphatic rings. The van der Waals surface area contributed by atoms with Crippen molar-refractivity contribution in [3.8, 4) is 0 Å². The molecule has 0 aliphatic carbocycles. The Morgan fingerprint density at radius 1 is 1.25 bits per heavy atom. The van der Waals surface area contributed by atoms with Crippen molar-refractivity contribution >= 4 is 27.3 Å². The fraction of sp³-hybridized carbons (Fsp3) is 0.231. The maximum Gasteiger partial charge on any atom is 0.123 e. The van der Waals surface area contributed by atoms with Gasteiger partial charge in [0.25, 0.3) is 0 Å². The first-order valence-electron chi connectivity index (χ1n) is 5.08. The first-order valence-corrected chi connectivity index (χ1v) is 6.94. The zero-order valence-electron chi connectivity index (χ0n) is 8.91. The normalized spacial score (nSPS) is 12.7. The number of thiophene rings is 1. The van der Waals surface area contributed by atoms with E-state index in [0.717, 1.165) is 12.0 Å². The highest BCUT2D eigenvalue weighted by atomic mass is 79.9. The van der Waals surface area contributed by atoms with E-state index in [-0.39, 0.29) is 5.82 Å². The molecule has 0 fully saturated rings. The van der Waals surface area contributed by atoms with E-state index in [1.807, 2.05) is 12.1 Å². The Morgan fingerprint density at radius 2 is 1.94 bits per heavy atom. The topological polar surface area (TPSA) is 0 Å². The van der Waals surface area contributed by atoms with Gasteiger partial charge in [0, 0.05) is 4.83 Å². The van der Waals surface area contributed by atoms with Gasteiger partial charge in [0.15, 0.2) is 0 Å². The lowest BCUT2D eigenvalue weighted by molar-refractivity contribution is 0.627. The smallest absolute Gasteiger partial charge is 0.123 e. The number of halogens is 2. The maximum atomic E-state index is 12.8. The van der Waals surface area contributed by atoms with E-state index in [1.54, 1.807) is 11.3 Å². The Hall–Kier alpha value is -0.670. The molecule has 0 N–H and O–H groups in total. The van der Waals surface area contributed by atoms with Crippen molar-refractivity contribution in [2.24, 2.45) is 0 Å².